The van der Waals surface area contributed by atoms with Crippen LogP contribution >= 0.6 is 7.82 Å². The van der Waals surface area contributed by atoms with Crippen LogP contribution in [-0.4, -0.2) is 72.6 Å². The first kappa shape index (κ1) is 23.5. The van der Waals surface area contributed by atoms with Crippen molar-refractivity contribution >= 4 is 73.3 Å². The Labute approximate surface area is 109 Å². The number of rotatable bonds is 0. The van der Waals surface area contributed by atoms with E-state index >= 15 is 0 Å². The summed E-state index contributed by atoms with van der Waals surface area (Å²) in [5.74, 6) is 0. The summed E-state index contributed by atoms with van der Waals surface area (Å²) in [7, 11) is -10.6. The molecular formula is AlCaO8PS. The summed E-state index contributed by atoms with van der Waals surface area (Å²) in [6.07, 6.45) is 0. The van der Waals surface area contributed by atoms with E-state index in [2.05, 4.69) is 0 Å². The molecular weight excluding hydrogens is 258 g/mol. The standard InChI is InChI=1S/Al.Ca.H3O4P.H2O4S/c;;2*1-5(2,3)4/h;;(H3,1,2,3,4);(H2,1,2,3,4)/q+3;+2;;/p-5. The van der Waals surface area contributed by atoms with Gasteiger partial charge in [-0.1, -0.05) is 0 Å². The topological polar surface area (TPSA) is 167 Å². The van der Waals surface area contributed by atoms with Gasteiger partial charge in [-0.25, -0.2) is 0 Å². The van der Waals surface area contributed by atoms with E-state index in [1.165, 1.54) is 0 Å². The second-order valence-corrected chi connectivity index (χ2v) is 2.57. The van der Waals surface area contributed by atoms with Crippen molar-refractivity contribution < 1.29 is 36.8 Å². The van der Waals surface area contributed by atoms with Crippen LogP contribution in [0.3, 0.4) is 0 Å². The fraction of sp³-hybridized carbons (Fsp3) is 0. The molecule has 64 valence electrons. The van der Waals surface area contributed by atoms with Crippen LogP contribution in [0.1, 0.15) is 0 Å². The molecule has 0 aromatic heterocycles. The molecule has 12 heavy (non-hydrogen) atoms. The summed E-state index contributed by atoms with van der Waals surface area (Å²) >= 11 is 0. The van der Waals surface area contributed by atoms with Gasteiger partial charge < -0.3 is 28.4 Å². The van der Waals surface area contributed by atoms with Crippen molar-refractivity contribution in [2.45, 2.75) is 0 Å². The van der Waals surface area contributed by atoms with E-state index in [4.69, 9.17) is 36.8 Å². The van der Waals surface area contributed by atoms with Crippen molar-refractivity contribution in [2.24, 2.45) is 0 Å². The maximum atomic E-state index is 8.55. The zero-order valence-corrected chi connectivity index (χ0v) is 10.5. The van der Waals surface area contributed by atoms with Crippen molar-refractivity contribution in [3.8, 4) is 0 Å². The van der Waals surface area contributed by atoms with E-state index < -0.39 is 18.2 Å². The van der Waals surface area contributed by atoms with Crippen LogP contribution in [0.5, 0.6) is 0 Å². The molecule has 0 radical (unpaired) electrons. The van der Waals surface area contributed by atoms with Crippen molar-refractivity contribution in [2.75, 3.05) is 0 Å². The molecule has 0 rings (SSSR count). The van der Waals surface area contributed by atoms with E-state index in [1.54, 1.807) is 0 Å². The molecule has 0 saturated heterocycles. The van der Waals surface area contributed by atoms with Crippen molar-refractivity contribution in [3.63, 3.8) is 0 Å². The molecule has 0 aromatic rings. The molecule has 0 spiro atoms. The van der Waals surface area contributed by atoms with Gasteiger partial charge in [0.2, 0.25) is 0 Å². The first-order chi connectivity index (χ1) is 4.00. The van der Waals surface area contributed by atoms with Gasteiger partial charge in [-0.3, -0.25) is 8.42 Å². The second kappa shape index (κ2) is 9.33. The predicted molar refractivity (Wildman–Crippen MR) is 29.6 cm³/mol. The van der Waals surface area contributed by atoms with Crippen LogP contribution in [0, 0.1) is 0 Å². The Bertz CT molecular complexity index is 197. The van der Waals surface area contributed by atoms with Gasteiger partial charge in [-0.2, -0.15) is 7.82 Å². The molecule has 0 atom stereocenters. The summed E-state index contributed by atoms with van der Waals surface area (Å²) in [4.78, 5) is 25.6. The summed E-state index contributed by atoms with van der Waals surface area (Å²) in [5.41, 5.74) is 0. The first-order valence-corrected chi connectivity index (χ1v) is 4.19. The van der Waals surface area contributed by atoms with Gasteiger partial charge in [-0.15, -0.1) is 0 Å². The number of hydrogen-bond acceptors (Lipinski definition) is 8. The molecule has 0 aliphatic heterocycles. The molecule has 0 unspecified atom stereocenters. The fourth-order valence-corrected chi connectivity index (χ4v) is 0. The molecule has 0 heterocycles. The van der Waals surface area contributed by atoms with E-state index in [1.807, 2.05) is 0 Å². The van der Waals surface area contributed by atoms with E-state index in [0.717, 1.165) is 0 Å². The summed E-state index contributed by atoms with van der Waals surface area (Å²) in [6, 6.07) is 0. The van der Waals surface area contributed by atoms with Gasteiger partial charge in [0.1, 0.15) is 0 Å². The molecule has 0 fully saturated rings. The van der Waals surface area contributed by atoms with E-state index in [0.29, 0.717) is 0 Å². The third-order valence-corrected chi connectivity index (χ3v) is 0. The Kier molecular flexibility index (Phi) is 18.3. The van der Waals surface area contributed by atoms with Crippen molar-refractivity contribution in [1.29, 1.82) is 0 Å². The second-order valence-electron chi connectivity index (χ2n) is 0.855. The van der Waals surface area contributed by atoms with Gasteiger partial charge in [0, 0.05) is 10.4 Å². The van der Waals surface area contributed by atoms with Crippen molar-refractivity contribution in [1.82, 2.24) is 0 Å². The monoisotopic (exact) mass is 258 g/mol. The zero-order valence-electron chi connectivity index (χ0n) is 5.41. The third kappa shape index (κ3) is 435. The Morgan fingerprint density at radius 3 is 1.00 bits per heavy atom. The van der Waals surface area contributed by atoms with Gasteiger partial charge in [0.25, 0.3) is 0 Å². The largest absolute Gasteiger partial charge is 3.00 e. The molecule has 0 aliphatic carbocycles. The Morgan fingerprint density at radius 1 is 1.00 bits per heavy atom. The molecule has 0 bridgehead atoms. The molecule has 8 nitrogen and oxygen atoms in total. The zero-order chi connectivity index (χ0) is 9.00. The normalized spacial score (nSPS) is 9.75. The minimum Gasteiger partial charge on any atom is -0.822 e. The average molecular weight is 258 g/mol. The molecule has 0 aliphatic rings. The summed E-state index contributed by atoms with van der Waals surface area (Å²) in [6.45, 7) is 0. The fourth-order valence-electron chi connectivity index (χ4n) is 0. The van der Waals surface area contributed by atoms with Crippen LogP contribution in [0.4, 0.5) is 0 Å². The molecule has 0 amide bonds. The Balaban J connectivity index is -0.0000000457. The van der Waals surface area contributed by atoms with Crippen LogP contribution in [0.15, 0.2) is 0 Å². The Morgan fingerprint density at radius 2 is 1.00 bits per heavy atom. The smallest absolute Gasteiger partial charge is 0.822 e. The minimum atomic E-state index is -5.39. The Hall–Kier alpha value is 1.77. The van der Waals surface area contributed by atoms with Crippen LogP contribution < -0.4 is 14.7 Å². The number of hydrogen-bond donors (Lipinski definition) is 0. The number of phosphoric acid groups is 1. The van der Waals surface area contributed by atoms with Gasteiger partial charge in [-0.05, 0) is 0 Å². The molecule has 0 saturated carbocycles. The molecule has 12 heteroatoms. The summed E-state index contributed by atoms with van der Waals surface area (Å²) < 4.78 is 42.6. The van der Waals surface area contributed by atoms with Crippen LogP contribution in [-0.2, 0) is 15.0 Å². The third-order valence-electron chi connectivity index (χ3n) is 0. The van der Waals surface area contributed by atoms with Gasteiger partial charge in [0.15, 0.2) is 0 Å². The van der Waals surface area contributed by atoms with Crippen molar-refractivity contribution in [3.05, 3.63) is 0 Å². The van der Waals surface area contributed by atoms with E-state index in [-0.39, 0.29) is 55.1 Å². The molecule has 0 aromatic carbocycles. The summed E-state index contributed by atoms with van der Waals surface area (Å²) in [5, 5.41) is 0. The van der Waals surface area contributed by atoms with Crippen LogP contribution in [0.2, 0.25) is 0 Å². The molecule has 0 N–H and O–H groups in total. The quantitative estimate of drug-likeness (QED) is 0.180. The predicted octanol–water partition coefficient (Wildman–Crippen LogP) is -4.92. The average Bonchev–Trinajstić information content (AvgIpc) is 1.12. The first-order valence-electron chi connectivity index (χ1n) is 1.40. The van der Waals surface area contributed by atoms with Gasteiger partial charge in [0.05, 0.1) is 0 Å². The van der Waals surface area contributed by atoms with Gasteiger partial charge >= 0.3 is 55.1 Å². The SMILES string of the molecule is O=P([O-])([O-])[O-].O=S(=O)([O-])[O-].[Al+3].[Ca+2]. The maximum Gasteiger partial charge on any atom is 3.00 e. The minimum absolute atomic E-state index is 0. The van der Waals surface area contributed by atoms with E-state index in [9.17, 15) is 0 Å². The van der Waals surface area contributed by atoms with Crippen LogP contribution in [0.25, 0.3) is 0 Å². The maximum absolute atomic E-state index is 8.55.